The maximum absolute atomic E-state index is 12.7. The molecule has 1 aliphatic rings. The van der Waals surface area contributed by atoms with Crippen LogP contribution in [0, 0.1) is 23.0 Å². The Morgan fingerprint density at radius 1 is 1.40 bits per heavy atom. The van der Waals surface area contributed by atoms with Gasteiger partial charge in [-0.15, -0.1) is 0 Å². The van der Waals surface area contributed by atoms with Gasteiger partial charge in [-0.2, -0.15) is 5.10 Å². The van der Waals surface area contributed by atoms with Gasteiger partial charge in [-0.25, -0.2) is 0 Å². The zero-order valence-corrected chi connectivity index (χ0v) is 17.9. The molecule has 0 spiro atoms. The topological polar surface area (TPSA) is 103 Å². The molecule has 9 heteroatoms. The van der Waals surface area contributed by atoms with Gasteiger partial charge in [0, 0.05) is 67.7 Å². The molecule has 9 nitrogen and oxygen atoms in total. The van der Waals surface area contributed by atoms with E-state index < -0.39 is 0 Å². The summed E-state index contributed by atoms with van der Waals surface area (Å²) in [6, 6.07) is 5.13. The van der Waals surface area contributed by atoms with Crippen LogP contribution in [0.15, 0.2) is 30.6 Å². The maximum Gasteiger partial charge on any atom is 0.272 e. The summed E-state index contributed by atoms with van der Waals surface area (Å²) in [5, 5.41) is 18.8. The van der Waals surface area contributed by atoms with Crippen molar-refractivity contribution >= 4 is 17.3 Å². The van der Waals surface area contributed by atoms with E-state index in [1.807, 2.05) is 22.0 Å². The van der Waals surface area contributed by atoms with E-state index in [1.165, 1.54) is 6.07 Å². The van der Waals surface area contributed by atoms with E-state index in [0.29, 0.717) is 31.7 Å². The van der Waals surface area contributed by atoms with Crippen LogP contribution in [0.1, 0.15) is 43.5 Å². The van der Waals surface area contributed by atoms with Gasteiger partial charge in [0.25, 0.3) is 5.69 Å². The van der Waals surface area contributed by atoms with Crippen molar-refractivity contribution in [3.05, 3.63) is 51.8 Å². The van der Waals surface area contributed by atoms with Crippen molar-refractivity contribution in [3.63, 3.8) is 0 Å². The fourth-order valence-electron chi connectivity index (χ4n) is 3.96. The number of nitro groups is 1. The zero-order chi connectivity index (χ0) is 21.8. The number of nitrogens with one attached hydrogen (secondary N) is 1. The fourth-order valence-corrected chi connectivity index (χ4v) is 3.96. The van der Waals surface area contributed by atoms with Crippen molar-refractivity contribution in [2.24, 2.45) is 5.92 Å². The van der Waals surface area contributed by atoms with Crippen molar-refractivity contribution in [1.82, 2.24) is 14.7 Å². The lowest BCUT2D eigenvalue weighted by Crippen LogP contribution is -2.33. The number of benzene rings is 1. The van der Waals surface area contributed by atoms with E-state index in [9.17, 15) is 14.9 Å². The number of hydrogen-bond acceptors (Lipinski definition) is 6. The quantitative estimate of drug-likeness (QED) is 0.498. The molecule has 1 aliphatic heterocycles. The number of amides is 1. The minimum atomic E-state index is -0.384. The highest BCUT2D eigenvalue weighted by Crippen LogP contribution is 2.38. The minimum absolute atomic E-state index is 0.0506. The summed E-state index contributed by atoms with van der Waals surface area (Å²) < 4.78 is 7.10. The third kappa shape index (κ3) is 4.62. The van der Waals surface area contributed by atoms with Crippen LogP contribution in [-0.2, 0) is 9.53 Å². The number of hydrogen-bond donors (Lipinski definition) is 1. The highest BCUT2D eigenvalue weighted by atomic mass is 16.6. The summed E-state index contributed by atoms with van der Waals surface area (Å²) in [6.07, 6.45) is 4.28. The van der Waals surface area contributed by atoms with Crippen molar-refractivity contribution in [2.75, 3.05) is 32.1 Å². The average Bonchev–Trinajstić information content (AvgIpc) is 3.29. The van der Waals surface area contributed by atoms with Gasteiger partial charge >= 0.3 is 0 Å². The number of ether oxygens (including phenoxy) is 1. The van der Waals surface area contributed by atoms with E-state index in [4.69, 9.17) is 4.74 Å². The molecule has 2 heterocycles. The molecule has 0 radical (unpaired) electrons. The Hall–Kier alpha value is -2.94. The summed E-state index contributed by atoms with van der Waals surface area (Å²) in [6.45, 7) is 7.43. The first-order chi connectivity index (χ1) is 14.3. The summed E-state index contributed by atoms with van der Waals surface area (Å²) in [5.74, 6) is 0.149. The minimum Gasteiger partial charge on any atom is -0.385 e. The molecule has 1 aromatic heterocycles. The SMILES string of the molecule is COCCN1C(=O)C[C@@H](CNc2ccc([N+](=O)[O-])c(C)c2)[C@@H]1c1cnn(C(C)C)c1. The first kappa shape index (κ1) is 21.8. The lowest BCUT2D eigenvalue weighted by atomic mass is 9.95. The predicted molar refractivity (Wildman–Crippen MR) is 113 cm³/mol. The van der Waals surface area contributed by atoms with Crippen LogP contribution >= 0.6 is 0 Å². The van der Waals surface area contributed by atoms with Crippen LogP contribution in [0.25, 0.3) is 0 Å². The molecule has 1 amide bonds. The smallest absolute Gasteiger partial charge is 0.272 e. The summed E-state index contributed by atoms with van der Waals surface area (Å²) in [7, 11) is 1.63. The molecular weight excluding hydrogens is 386 g/mol. The summed E-state index contributed by atoms with van der Waals surface area (Å²) in [5.41, 5.74) is 2.51. The van der Waals surface area contributed by atoms with Crippen LogP contribution in [0.4, 0.5) is 11.4 Å². The zero-order valence-electron chi connectivity index (χ0n) is 17.9. The van der Waals surface area contributed by atoms with Crippen molar-refractivity contribution in [1.29, 1.82) is 0 Å². The van der Waals surface area contributed by atoms with Crippen LogP contribution in [0.5, 0.6) is 0 Å². The number of carbonyl (C=O) groups is 1. The molecule has 162 valence electrons. The molecule has 30 heavy (non-hydrogen) atoms. The molecule has 1 aromatic carbocycles. The molecule has 2 aromatic rings. The van der Waals surface area contributed by atoms with E-state index in [0.717, 1.165) is 11.3 Å². The fraction of sp³-hybridized carbons (Fsp3) is 0.524. The van der Waals surface area contributed by atoms with E-state index >= 15 is 0 Å². The first-order valence-electron chi connectivity index (χ1n) is 10.1. The Labute approximate surface area is 176 Å². The highest BCUT2D eigenvalue weighted by molar-refractivity contribution is 5.79. The number of rotatable bonds is 9. The Balaban J connectivity index is 1.79. The van der Waals surface area contributed by atoms with E-state index in [1.54, 1.807) is 26.2 Å². The molecular formula is C21H29N5O4. The van der Waals surface area contributed by atoms with Crippen molar-refractivity contribution < 1.29 is 14.5 Å². The highest BCUT2D eigenvalue weighted by Gasteiger charge is 2.40. The number of aromatic nitrogens is 2. The maximum atomic E-state index is 12.7. The largest absolute Gasteiger partial charge is 0.385 e. The van der Waals surface area contributed by atoms with Gasteiger partial charge in [-0.1, -0.05) is 0 Å². The third-order valence-electron chi connectivity index (χ3n) is 5.53. The van der Waals surface area contributed by atoms with Crippen molar-refractivity contribution in [2.45, 2.75) is 39.3 Å². The third-order valence-corrected chi connectivity index (χ3v) is 5.53. The summed E-state index contributed by atoms with van der Waals surface area (Å²) >= 11 is 0. The number of aryl methyl sites for hydroxylation is 1. The number of methoxy groups -OCH3 is 1. The number of nitrogens with zero attached hydrogens (tertiary/aromatic N) is 4. The monoisotopic (exact) mass is 415 g/mol. The number of anilines is 1. The van der Waals surface area contributed by atoms with Gasteiger partial charge in [0.1, 0.15) is 0 Å². The van der Waals surface area contributed by atoms with Gasteiger partial charge in [0.15, 0.2) is 0 Å². The Kier molecular flexibility index (Phi) is 6.71. The van der Waals surface area contributed by atoms with Gasteiger partial charge in [0.05, 0.1) is 23.8 Å². The normalized spacial score (nSPS) is 19.0. The standard InChI is InChI=1S/C21H29N5O4/c1-14(2)25-13-17(12-23-25)21-16(10-20(27)24(21)7-8-30-4)11-22-18-5-6-19(26(28)29)15(3)9-18/h5-6,9,12-14,16,21-22H,7-8,10-11H2,1-4H3/t16-,21+/m0/s1. The number of carbonyl (C=O) groups excluding carboxylic acids is 1. The van der Waals surface area contributed by atoms with E-state index in [2.05, 4.69) is 24.3 Å². The second-order valence-corrected chi connectivity index (χ2v) is 7.98. The van der Waals surface area contributed by atoms with Crippen molar-refractivity contribution in [3.8, 4) is 0 Å². The van der Waals surface area contributed by atoms with Crippen LogP contribution in [0.2, 0.25) is 0 Å². The molecule has 3 rings (SSSR count). The number of likely N-dealkylation sites (tertiary alicyclic amines) is 1. The molecule has 0 bridgehead atoms. The molecule has 2 atom stereocenters. The van der Waals surface area contributed by atoms with Crippen LogP contribution < -0.4 is 5.32 Å². The van der Waals surface area contributed by atoms with Gasteiger partial charge < -0.3 is 15.0 Å². The Bertz CT molecular complexity index is 911. The molecule has 1 saturated heterocycles. The first-order valence-corrected chi connectivity index (χ1v) is 10.1. The lowest BCUT2D eigenvalue weighted by molar-refractivity contribution is -0.385. The molecule has 1 N–H and O–H groups in total. The average molecular weight is 415 g/mol. The van der Waals surface area contributed by atoms with Gasteiger partial charge in [-0.3, -0.25) is 19.6 Å². The predicted octanol–water partition coefficient (Wildman–Crippen LogP) is 3.33. The Morgan fingerprint density at radius 3 is 2.77 bits per heavy atom. The summed E-state index contributed by atoms with van der Waals surface area (Å²) in [4.78, 5) is 25.3. The molecule has 0 unspecified atom stereocenters. The molecule has 1 fully saturated rings. The van der Waals surface area contributed by atoms with E-state index in [-0.39, 0.29) is 34.5 Å². The molecule has 0 saturated carbocycles. The van der Waals surface area contributed by atoms with Gasteiger partial charge in [0.2, 0.25) is 5.91 Å². The second-order valence-electron chi connectivity index (χ2n) is 7.98. The van der Waals surface area contributed by atoms with Gasteiger partial charge in [-0.05, 0) is 32.9 Å². The van der Waals surface area contributed by atoms with Crippen LogP contribution in [-0.4, -0.2) is 52.3 Å². The number of nitro benzene ring substituents is 1. The molecule has 0 aliphatic carbocycles. The Morgan fingerprint density at radius 2 is 2.17 bits per heavy atom. The second kappa shape index (κ2) is 9.25. The lowest BCUT2D eigenvalue weighted by Gasteiger charge is -2.27. The van der Waals surface area contributed by atoms with Crippen LogP contribution in [0.3, 0.4) is 0 Å².